The molecule has 0 amide bonds. The molecule has 0 saturated heterocycles. The summed E-state index contributed by atoms with van der Waals surface area (Å²) in [6.45, 7) is 0. The fraction of sp³-hybridized carbons (Fsp3) is 0.286. The van der Waals surface area contributed by atoms with Gasteiger partial charge in [0.05, 0.1) is 11.4 Å². The lowest BCUT2D eigenvalue weighted by Gasteiger charge is -2.00. The number of halogens is 1. The number of carboxylic acid groups (broad SMARTS) is 1. The van der Waals surface area contributed by atoms with E-state index in [4.69, 9.17) is 0 Å². The lowest BCUT2D eigenvalue weighted by Crippen LogP contribution is -1.97. The van der Waals surface area contributed by atoms with Gasteiger partial charge >= 0.3 is 5.97 Å². The first-order valence-electron chi connectivity index (χ1n) is 6.25. The molecule has 20 heavy (non-hydrogen) atoms. The monoisotopic (exact) mass is 309 g/mol. The summed E-state index contributed by atoms with van der Waals surface area (Å²) >= 11 is 2.55. The van der Waals surface area contributed by atoms with Gasteiger partial charge in [-0.25, -0.2) is 14.2 Å². The van der Waals surface area contributed by atoms with Crippen LogP contribution in [0, 0.1) is 5.82 Å². The van der Waals surface area contributed by atoms with E-state index < -0.39 is 5.97 Å². The van der Waals surface area contributed by atoms with Gasteiger partial charge in [-0.2, -0.15) is 0 Å². The molecule has 1 heterocycles. The van der Waals surface area contributed by atoms with Crippen molar-refractivity contribution in [1.29, 1.82) is 0 Å². The molecule has 3 nitrogen and oxygen atoms in total. The number of carboxylic acids is 1. The standard InChI is InChI=1S/C14H12FNO2S2/c15-9-3-1-2-4-10(9)19-7-11-16-12(8-5-6-8)13(20-11)14(17)18/h1-4,8H,5-7H2,(H,17,18). The number of aromatic carboxylic acids is 1. The maximum Gasteiger partial charge on any atom is 0.347 e. The highest BCUT2D eigenvalue weighted by atomic mass is 32.2. The minimum absolute atomic E-state index is 0.255. The Kier molecular flexibility index (Phi) is 3.76. The number of nitrogens with zero attached hydrogens (tertiary/aromatic N) is 1. The van der Waals surface area contributed by atoms with Crippen LogP contribution in [-0.2, 0) is 5.75 Å². The Morgan fingerprint density at radius 3 is 2.85 bits per heavy atom. The second kappa shape index (κ2) is 5.54. The van der Waals surface area contributed by atoms with Gasteiger partial charge in [0.15, 0.2) is 0 Å². The number of rotatable bonds is 5. The minimum atomic E-state index is -0.911. The normalized spacial score (nSPS) is 14.4. The molecule has 1 aliphatic carbocycles. The van der Waals surface area contributed by atoms with Crippen LogP contribution in [0.5, 0.6) is 0 Å². The minimum Gasteiger partial charge on any atom is -0.477 e. The zero-order valence-electron chi connectivity index (χ0n) is 10.5. The molecule has 0 spiro atoms. The number of hydrogen-bond acceptors (Lipinski definition) is 4. The molecule has 0 unspecified atom stereocenters. The summed E-state index contributed by atoms with van der Waals surface area (Å²) < 4.78 is 13.5. The summed E-state index contributed by atoms with van der Waals surface area (Å²) in [4.78, 5) is 16.5. The highest BCUT2D eigenvalue weighted by molar-refractivity contribution is 7.98. The van der Waals surface area contributed by atoms with Gasteiger partial charge in [0.25, 0.3) is 0 Å². The van der Waals surface area contributed by atoms with E-state index in [0.717, 1.165) is 17.8 Å². The number of carbonyl (C=O) groups is 1. The van der Waals surface area contributed by atoms with Gasteiger partial charge in [0.1, 0.15) is 15.7 Å². The van der Waals surface area contributed by atoms with Crippen LogP contribution in [0.1, 0.15) is 39.1 Å². The number of hydrogen-bond donors (Lipinski definition) is 1. The second-order valence-electron chi connectivity index (χ2n) is 4.62. The fourth-order valence-corrected chi connectivity index (χ4v) is 3.85. The van der Waals surface area contributed by atoms with E-state index in [9.17, 15) is 14.3 Å². The summed E-state index contributed by atoms with van der Waals surface area (Å²) in [7, 11) is 0. The Morgan fingerprint density at radius 2 is 2.20 bits per heavy atom. The molecule has 0 bridgehead atoms. The van der Waals surface area contributed by atoms with E-state index in [1.165, 1.54) is 29.2 Å². The molecule has 1 saturated carbocycles. The van der Waals surface area contributed by atoms with E-state index in [2.05, 4.69) is 4.98 Å². The van der Waals surface area contributed by atoms with Crippen LogP contribution in [0.4, 0.5) is 4.39 Å². The molecule has 1 N–H and O–H groups in total. The maximum atomic E-state index is 13.5. The topological polar surface area (TPSA) is 50.2 Å². The van der Waals surface area contributed by atoms with E-state index >= 15 is 0 Å². The van der Waals surface area contributed by atoms with Gasteiger partial charge in [-0.15, -0.1) is 23.1 Å². The van der Waals surface area contributed by atoms with E-state index in [1.54, 1.807) is 18.2 Å². The highest BCUT2D eigenvalue weighted by Crippen LogP contribution is 2.43. The van der Waals surface area contributed by atoms with Gasteiger partial charge in [-0.3, -0.25) is 0 Å². The molecule has 0 aliphatic heterocycles. The summed E-state index contributed by atoms with van der Waals surface area (Å²) in [6.07, 6.45) is 2.04. The average molecular weight is 309 g/mol. The molecular weight excluding hydrogens is 297 g/mol. The van der Waals surface area contributed by atoms with Crippen LogP contribution in [0.25, 0.3) is 0 Å². The van der Waals surface area contributed by atoms with Crippen molar-refractivity contribution in [1.82, 2.24) is 4.98 Å². The Balaban J connectivity index is 1.76. The molecule has 0 radical (unpaired) electrons. The van der Waals surface area contributed by atoms with Gasteiger partial charge < -0.3 is 5.11 Å². The predicted octanol–water partition coefficient (Wildman–Crippen LogP) is 4.15. The highest BCUT2D eigenvalue weighted by Gasteiger charge is 2.31. The number of benzene rings is 1. The third kappa shape index (κ3) is 2.86. The van der Waals surface area contributed by atoms with Crippen molar-refractivity contribution in [3.8, 4) is 0 Å². The molecule has 0 atom stereocenters. The van der Waals surface area contributed by atoms with Crippen LogP contribution in [0.3, 0.4) is 0 Å². The molecule has 1 aromatic carbocycles. The quantitative estimate of drug-likeness (QED) is 0.843. The molecule has 1 aliphatic rings. The van der Waals surface area contributed by atoms with Crippen molar-refractivity contribution in [2.45, 2.75) is 29.4 Å². The zero-order valence-corrected chi connectivity index (χ0v) is 12.1. The Bertz CT molecular complexity index is 652. The van der Waals surface area contributed by atoms with Crippen LogP contribution < -0.4 is 0 Å². The molecule has 1 fully saturated rings. The van der Waals surface area contributed by atoms with Gasteiger partial charge in [0, 0.05) is 10.8 Å². The van der Waals surface area contributed by atoms with Gasteiger partial charge in [0.2, 0.25) is 0 Å². The maximum absolute atomic E-state index is 13.5. The third-order valence-electron chi connectivity index (χ3n) is 3.04. The molecule has 2 aromatic rings. The zero-order chi connectivity index (χ0) is 14.1. The third-order valence-corrected chi connectivity index (χ3v) is 5.35. The van der Waals surface area contributed by atoms with E-state index in [0.29, 0.717) is 27.1 Å². The molecule has 104 valence electrons. The molecule has 3 rings (SSSR count). The van der Waals surface area contributed by atoms with Crippen molar-refractivity contribution in [3.05, 3.63) is 45.7 Å². The lowest BCUT2D eigenvalue weighted by molar-refractivity contribution is 0.0700. The molecular formula is C14H12FNO2S2. The molecule has 1 aromatic heterocycles. The van der Waals surface area contributed by atoms with Crippen LogP contribution in [0.15, 0.2) is 29.2 Å². The van der Waals surface area contributed by atoms with E-state index in [1.807, 2.05) is 0 Å². The first kappa shape index (κ1) is 13.6. The second-order valence-corrected chi connectivity index (χ2v) is 6.72. The summed E-state index contributed by atoms with van der Waals surface area (Å²) in [5.41, 5.74) is 0.714. The van der Waals surface area contributed by atoms with Crippen molar-refractivity contribution in [2.75, 3.05) is 0 Å². The number of aromatic nitrogens is 1. The van der Waals surface area contributed by atoms with Crippen molar-refractivity contribution in [2.24, 2.45) is 0 Å². The Labute approximate surface area is 123 Å². The molecule has 6 heteroatoms. The lowest BCUT2D eigenvalue weighted by atomic mass is 10.2. The van der Waals surface area contributed by atoms with Gasteiger partial charge in [-0.05, 0) is 25.0 Å². The smallest absolute Gasteiger partial charge is 0.347 e. The van der Waals surface area contributed by atoms with Crippen molar-refractivity contribution < 1.29 is 14.3 Å². The predicted molar refractivity (Wildman–Crippen MR) is 77.0 cm³/mol. The SMILES string of the molecule is O=C(O)c1sc(CSc2ccccc2F)nc1C1CC1. The van der Waals surface area contributed by atoms with Crippen LogP contribution in [0.2, 0.25) is 0 Å². The average Bonchev–Trinajstić information content (AvgIpc) is 3.18. The van der Waals surface area contributed by atoms with E-state index in [-0.39, 0.29) is 5.82 Å². The van der Waals surface area contributed by atoms with Crippen molar-refractivity contribution >= 4 is 29.1 Å². The first-order valence-corrected chi connectivity index (χ1v) is 8.05. The Hall–Kier alpha value is -1.40. The van der Waals surface area contributed by atoms with Crippen LogP contribution in [-0.4, -0.2) is 16.1 Å². The first-order chi connectivity index (χ1) is 9.65. The largest absolute Gasteiger partial charge is 0.477 e. The number of thioether (sulfide) groups is 1. The summed E-state index contributed by atoms with van der Waals surface area (Å²) in [5, 5.41) is 9.94. The summed E-state index contributed by atoms with van der Waals surface area (Å²) in [5.74, 6) is -0.357. The fourth-order valence-electron chi connectivity index (χ4n) is 1.93. The summed E-state index contributed by atoms with van der Waals surface area (Å²) in [6, 6.07) is 6.57. The Morgan fingerprint density at radius 1 is 1.45 bits per heavy atom. The van der Waals surface area contributed by atoms with Gasteiger partial charge in [-0.1, -0.05) is 12.1 Å². The number of thiazole rings is 1. The van der Waals surface area contributed by atoms with Crippen molar-refractivity contribution in [3.63, 3.8) is 0 Å². The van der Waals surface area contributed by atoms with Crippen LogP contribution >= 0.6 is 23.1 Å².